The van der Waals surface area contributed by atoms with E-state index in [1.807, 2.05) is 45.0 Å². The molecule has 0 saturated heterocycles. The molecule has 0 aromatic heterocycles. The number of amides is 1. The highest BCUT2D eigenvalue weighted by molar-refractivity contribution is 7.92. The molecular formula is C20H26N2O4S. The molecule has 1 amide bonds. The van der Waals surface area contributed by atoms with Crippen LogP contribution < -0.4 is 14.4 Å². The lowest BCUT2D eigenvalue weighted by Gasteiger charge is -2.22. The standard InChI is InChI=1S/C20H26N2O4S/c1-15-7-5-9-18(13-15)22(27(4,24)25)14-20(23)21-11-12-26-19-10-6-8-16(2)17(19)3/h5-10,13H,11-12,14H2,1-4H3,(H,21,23). The first-order chi connectivity index (χ1) is 12.7. The molecule has 0 aliphatic rings. The van der Waals surface area contributed by atoms with E-state index < -0.39 is 10.0 Å². The number of nitrogens with zero attached hydrogens (tertiary/aromatic N) is 1. The molecule has 2 aromatic rings. The second-order valence-electron chi connectivity index (χ2n) is 6.51. The van der Waals surface area contributed by atoms with E-state index in [-0.39, 0.29) is 19.0 Å². The third-order valence-electron chi connectivity index (χ3n) is 4.21. The van der Waals surface area contributed by atoms with Crippen LogP contribution in [0.1, 0.15) is 16.7 Å². The number of aryl methyl sites for hydroxylation is 2. The molecule has 7 heteroatoms. The molecule has 0 spiro atoms. The van der Waals surface area contributed by atoms with Gasteiger partial charge in [0.15, 0.2) is 0 Å². The van der Waals surface area contributed by atoms with Crippen LogP contribution in [0.15, 0.2) is 42.5 Å². The van der Waals surface area contributed by atoms with Crippen molar-refractivity contribution in [2.24, 2.45) is 0 Å². The highest BCUT2D eigenvalue weighted by Gasteiger charge is 2.20. The maximum absolute atomic E-state index is 12.2. The van der Waals surface area contributed by atoms with Gasteiger partial charge in [0.2, 0.25) is 15.9 Å². The Labute approximate surface area is 161 Å². The largest absolute Gasteiger partial charge is 0.491 e. The number of carbonyl (C=O) groups excluding carboxylic acids is 1. The lowest BCUT2D eigenvalue weighted by molar-refractivity contribution is -0.119. The number of hydrogen-bond donors (Lipinski definition) is 1. The van der Waals surface area contributed by atoms with Crippen LogP contribution >= 0.6 is 0 Å². The van der Waals surface area contributed by atoms with Crippen molar-refractivity contribution in [1.82, 2.24) is 5.32 Å². The van der Waals surface area contributed by atoms with Gasteiger partial charge in [-0.1, -0.05) is 24.3 Å². The molecule has 2 aromatic carbocycles. The first kappa shape index (κ1) is 20.8. The Balaban J connectivity index is 1.92. The number of hydrogen-bond acceptors (Lipinski definition) is 4. The minimum absolute atomic E-state index is 0.272. The summed E-state index contributed by atoms with van der Waals surface area (Å²) < 4.78 is 31.0. The maximum Gasteiger partial charge on any atom is 0.240 e. The Bertz CT molecular complexity index is 910. The number of anilines is 1. The molecule has 0 aliphatic heterocycles. The second kappa shape index (κ2) is 8.90. The van der Waals surface area contributed by atoms with E-state index in [0.29, 0.717) is 12.3 Å². The number of nitrogens with one attached hydrogen (secondary N) is 1. The lowest BCUT2D eigenvalue weighted by atomic mass is 10.1. The van der Waals surface area contributed by atoms with Crippen molar-refractivity contribution in [3.8, 4) is 5.75 Å². The van der Waals surface area contributed by atoms with Gasteiger partial charge in [0.05, 0.1) is 18.5 Å². The van der Waals surface area contributed by atoms with Crippen molar-refractivity contribution in [2.75, 3.05) is 30.3 Å². The Morgan fingerprint density at radius 3 is 2.48 bits per heavy atom. The van der Waals surface area contributed by atoms with Gasteiger partial charge in [-0.15, -0.1) is 0 Å². The van der Waals surface area contributed by atoms with Gasteiger partial charge in [-0.25, -0.2) is 8.42 Å². The van der Waals surface area contributed by atoms with Gasteiger partial charge in [-0.3, -0.25) is 9.10 Å². The smallest absolute Gasteiger partial charge is 0.240 e. The Morgan fingerprint density at radius 1 is 1.11 bits per heavy atom. The van der Waals surface area contributed by atoms with Gasteiger partial charge < -0.3 is 10.1 Å². The van der Waals surface area contributed by atoms with Crippen LogP contribution in [-0.2, 0) is 14.8 Å². The minimum atomic E-state index is -3.57. The van der Waals surface area contributed by atoms with Crippen molar-refractivity contribution in [1.29, 1.82) is 0 Å². The van der Waals surface area contributed by atoms with E-state index in [2.05, 4.69) is 5.32 Å². The molecule has 0 heterocycles. The number of carbonyl (C=O) groups is 1. The van der Waals surface area contributed by atoms with E-state index in [4.69, 9.17) is 4.74 Å². The zero-order chi connectivity index (χ0) is 20.0. The third kappa shape index (κ3) is 5.99. The van der Waals surface area contributed by atoms with Crippen LogP contribution in [0.2, 0.25) is 0 Å². The number of rotatable bonds is 8. The van der Waals surface area contributed by atoms with Gasteiger partial charge >= 0.3 is 0 Å². The molecule has 0 unspecified atom stereocenters. The Kier molecular flexibility index (Phi) is 6.85. The molecular weight excluding hydrogens is 364 g/mol. The summed E-state index contributed by atoms with van der Waals surface area (Å²) >= 11 is 0. The molecule has 0 bridgehead atoms. The molecule has 6 nitrogen and oxygen atoms in total. The fourth-order valence-corrected chi connectivity index (χ4v) is 3.45. The van der Waals surface area contributed by atoms with Gasteiger partial charge in [0.1, 0.15) is 18.9 Å². The average molecular weight is 391 g/mol. The molecule has 0 radical (unpaired) electrons. The Morgan fingerprint density at radius 2 is 1.81 bits per heavy atom. The molecule has 27 heavy (non-hydrogen) atoms. The van der Waals surface area contributed by atoms with Crippen LogP contribution in [0.4, 0.5) is 5.69 Å². The first-order valence-corrected chi connectivity index (χ1v) is 10.5. The van der Waals surface area contributed by atoms with Crippen molar-refractivity contribution in [2.45, 2.75) is 20.8 Å². The zero-order valence-electron chi connectivity index (χ0n) is 16.2. The van der Waals surface area contributed by atoms with Crippen LogP contribution in [0.5, 0.6) is 5.75 Å². The predicted octanol–water partition coefficient (Wildman–Crippen LogP) is 2.57. The summed E-state index contributed by atoms with van der Waals surface area (Å²) in [7, 11) is -3.57. The number of sulfonamides is 1. The first-order valence-electron chi connectivity index (χ1n) is 8.68. The van der Waals surface area contributed by atoms with E-state index in [9.17, 15) is 13.2 Å². The van der Waals surface area contributed by atoms with Crippen LogP contribution in [0.3, 0.4) is 0 Å². The fraction of sp³-hybridized carbons (Fsp3) is 0.350. The second-order valence-corrected chi connectivity index (χ2v) is 8.41. The van der Waals surface area contributed by atoms with Crippen LogP contribution in [-0.4, -0.2) is 40.3 Å². The molecule has 0 saturated carbocycles. The summed E-state index contributed by atoms with van der Waals surface area (Å²) in [6.45, 7) is 6.18. The lowest BCUT2D eigenvalue weighted by Crippen LogP contribution is -2.41. The number of ether oxygens (including phenoxy) is 1. The summed E-state index contributed by atoms with van der Waals surface area (Å²) in [5.74, 6) is 0.397. The highest BCUT2D eigenvalue weighted by atomic mass is 32.2. The van der Waals surface area contributed by atoms with Gasteiger partial charge in [0, 0.05) is 0 Å². The van der Waals surface area contributed by atoms with E-state index in [1.165, 1.54) is 0 Å². The van der Waals surface area contributed by atoms with E-state index in [0.717, 1.165) is 33.0 Å². The van der Waals surface area contributed by atoms with Crippen LogP contribution in [0.25, 0.3) is 0 Å². The highest BCUT2D eigenvalue weighted by Crippen LogP contribution is 2.20. The fourth-order valence-electron chi connectivity index (χ4n) is 2.60. The average Bonchev–Trinajstić information content (AvgIpc) is 2.59. The number of benzene rings is 2. The monoisotopic (exact) mass is 390 g/mol. The van der Waals surface area contributed by atoms with Crippen molar-refractivity contribution in [3.63, 3.8) is 0 Å². The van der Waals surface area contributed by atoms with E-state index in [1.54, 1.807) is 18.2 Å². The van der Waals surface area contributed by atoms with Gasteiger partial charge in [0.25, 0.3) is 0 Å². The molecule has 0 fully saturated rings. The SMILES string of the molecule is Cc1cccc(N(CC(=O)NCCOc2cccc(C)c2C)S(C)(=O)=O)c1. The summed E-state index contributed by atoms with van der Waals surface area (Å²) in [6, 6.07) is 12.8. The Hall–Kier alpha value is -2.54. The van der Waals surface area contributed by atoms with Crippen LogP contribution in [0, 0.1) is 20.8 Å². The molecule has 0 atom stereocenters. The summed E-state index contributed by atoms with van der Waals surface area (Å²) in [4.78, 5) is 12.2. The quantitative estimate of drug-likeness (QED) is 0.703. The normalized spacial score (nSPS) is 11.1. The van der Waals surface area contributed by atoms with Gasteiger partial charge in [-0.2, -0.15) is 0 Å². The van der Waals surface area contributed by atoms with Crippen molar-refractivity contribution < 1.29 is 17.9 Å². The summed E-state index contributed by atoms with van der Waals surface area (Å²) in [5.41, 5.74) is 3.59. The summed E-state index contributed by atoms with van der Waals surface area (Å²) in [6.07, 6.45) is 1.09. The van der Waals surface area contributed by atoms with Gasteiger partial charge in [-0.05, 0) is 55.7 Å². The van der Waals surface area contributed by atoms with Crippen molar-refractivity contribution >= 4 is 21.6 Å². The van der Waals surface area contributed by atoms with Crippen molar-refractivity contribution in [3.05, 3.63) is 59.2 Å². The molecule has 146 valence electrons. The predicted molar refractivity (Wildman–Crippen MR) is 108 cm³/mol. The molecule has 1 N–H and O–H groups in total. The maximum atomic E-state index is 12.2. The topological polar surface area (TPSA) is 75.7 Å². The third-order valence-corrected chi connectivity index (χ3v) is 5.35. The zero-order valence-corrected chi connectivity index (χ0v) is 17.0. The summed E-state index contributed by atoms with van der Waals surface area (Å²) in [5, 5.41) is 2.70. The molecule has 2 rings (SSSR count). The molecule has 0 aliphatic carbocycles. The van der Waals surface area contributed by atoms with E-state index >= 15 is 0 Å². The minimum Gasteiger partial charge on any atom is -0.491 e.